The van der Waals surface area contributed by atoms with Crippen molar-refractivity contribution in [3.8, 4) is 0 Å². The van der Waals surface area contributed by atoms with Gasteiger partial charge in [0.1, 0.15) is 0 Å². The summed E-state index contributed by atoms with van der Waals surface area (Å²) in [6.07, 6.45) is 3.01. The number of fused-ring (bicyclic) bond motifs is 2. The summed E-state index contributed by atoms with van der Waals surface area (Å²) in [5, 5.41) is 9.52. The predicted octanol–water partition coefficient (Wildman–Crippen LogP) is 3.48. The van der Waals surface area contributed by atoms with Gasteiger partial charge in [0, 0.05) is 5.39 Å². The Bertz CT molecular complexity index is 775. The van der Waals surface area contributed by atoms with Gasteiger partial charge >= 0.3 is 0 Å². The number of likely N-dealkylation sites (N-methyl/N-ethyl adjacent to an activating group) is 1. The molecule has 3 nitrogen and oxygen atoms in total. The third-order valence-electron chi connectivity index (χ3n) is 4.45. The Labute approximate surface area is 124 Å². The van der Waals surface area contributed by atoms with Gasteiger partial charge in [-0.3, -0.25) is 4.68 Å². The summed E-state index contributed by atoms with van der Waals surface area (Å²) in [6, 6.07) is 17.9. The molecule has 4 rings (SSSR count). The molecule has 0 radical (unpaired) electrons. The average molecular weight is 277 g/mol. The van der Waals surface area contributed by atoms with Crippen LogP contribution in [0.15, 0.2) is 54.7 Å². The van der Waals surface area contributed by atoms with Crippen molar-refractivity contribution in [1.29, 1.82) is 0 Å². The highest BCUT2D eigenvalue weighted by Gasteiger charge is 2.33. The van der Waals surface area contributed by atoms with Gasteiger partial charge in [0.05, 0.1) is 23.8 Å². The molecular formula is C18H19N3. The molecule has 0 bridgehead atoms. The normalized spacial score (nSPS) is 20.8. The first-order valence-corrected chi connectivity index (χ1v) is 7.62. The average Bonchev–Trinajstić information content (AvgIpc) is 3.09. The molecule has 0 saturated carbocycles. The lowest BCUT2D eigenvalue weighted by atomic mass is 10.1. The number of nitrogens with zero attached hydrogens (tertiary/aromatic N) is 2. The summed E-state index contributed by atoms with van der Waals surface area (Å²) in [4.78, 5) is 0. The van der Waals surface area contributed by atoms with Gasteiger partial charge in [0.15, 0.2) is 0 Å². The fraction of sp³-hybridized carbons (Fsp3) is 0.278. The van der Waals surface area contributed by atoms with Gasteiger partial charge in [0.25, 0.3) is 0 Å². The van der Waals surface area contributed by atoms with Gasteiger partial charge in [0.2, 0.25) is 0 Å². The number of hydrogen-bond donors (Lipinski definition) is 1. The molecule has 0 fully saturated rings. The van der Waals surface area contributed by atoms with Crippen molar-refractivity contribution in [3.05, 3.63) is 65.9 Å². The van der Waals surface area contributed by atoms with E-state index in [0.29, 0.717) is 12.1 Å². The van der Waals surface area contributed by atoms with Crippen LogP contribution in [0.5, 0.6) is 0 Å². The van der Waals surface area contributed by atoms with Gasteiger partial charge in [-0.2, -0.15) is 5.10 Å². The van der Waals surface area contributed by atoms with E-state index >= 15 is 0 Å². The molecular weight excluding hydrogens is 258 g/mol. The van der Waals surface area contributed by atoms with E-state index in [1.165, 1.54) is 22.0 Å². The minimum absolute atomic E-state index is 0.342. The van der Waals surface area contributed by atoms with E-state index in [1.54, 1.807) is 0 Å². The summed E-state index contributed by atoms with van der Waals surface area (Å²) in [6.45, 7) is 3.13. The van der Waals surface area contributed by atoms with E-state index in [1.807, 2.05) is 6.20 Å². The molecule has 2 unspecified atom stereocenters. The van der Waals surface area contributed by atoms with Gasteiger partial charge < -0.3 is 5.32 Å². The quantitative estimate of drug-likeness (QED) is 0.794. The molecule has 1 aromatic heterocycles. The lowest BCUT2D eigenvalue weighted by molar-refractivity contribution is 0.368. The standard InChI is InChI=1S/C18H19N3/c1-2-19-18-15-9-5-3-7-13(15)11-17(18)21-16-10-6-4-8-14(16)12-20-21/h3-10,12,17-19H,2,11H2,1H3. The molecule has 21 heavy (non-hydrogen) atoms. The lowest BCUT2D eigenvalue weighted by Gasteiger charge is -2.22. The molecule has 0 amide bonds. The van der Waals surface area contributed by atoms with Crippen molar-refractivity contribution in [1.82, 2.24) is 15.1 Å². The SMILES string of the molecule is CCNC1c2ccccc2CC1n1ncc2ccccc21. The molecule has 106 valence electrons. The molecule has 1 N–H and O–H groups in total. The molecule has 3 aromatic rings. The highest BCUT2D eigenvalue weighted by Crippen LogP contribution is 2.40. The van der Waals surface area contributed by atoms with Gasteiger partial charge in [-0.1, -0.05) is 49.4 Å². The second-order valence-corrected chi connectivity index (χ2v) is 5.65. The summed E-state index contributed by atoms with van der Waals surface area (Å²) < 4.78 is 2.20. The monoisotopic (exact) mass is 277 g/mol. The number of hydrogen-bond acceptors (Lipinski definition) is 2. The highest BCUT2D eigenvalue weighted by molar-refractivity contribution is 5.78. The summed E-state index contributed by atoms with van der Waals surface area (Å²) >= 11 is 0. The molecule has 2 aromatic carbocycles. The first kappa shape index (κ1) is 12.6. The highest BCUT2D eigenvalue weighted by atomic mass is 15.3. The first-order valence-electron chi connectivity index (χ1n) is 7.62. The fourth-order valence-electron chi connectivity index (χ4n) is 3.52. The number of benzene rings is 2. The van der Waals surface area contributed by atoms with Crippen LogP contribution in [0.1, 0.15) is 30.1 Å². The van der Waals surface area contributed by atoms with E-state index in [-0.39, 0.29) is 0 Å². The van der Waals surface area contributed by atoms with Gasteiger partial charge in [-0.25, -0.2) is 0 Å². The third kappa shape index (κ3) is 1.96. The van der Waals surface area contributed by atoms with Crippen LogP contribution < -0.4 is 5.32 Å². The van der Waals surface area contributed by atoms with Crippen LogP contribution in [0.3, 0.4) is 0 Å². The fourth-order valence-corrected chi connectivity index (χ4v) is 3.52. The largest absolute Gasteiger partial charge is 0.308 e. The number of para-hydroxylation sites is 1. The van der Waals surface area contributed by atoms with E-state index in [2.05, 4.69) is 70.6 Å². The van der Waals surface area contributed by atoms with E-state index in [0.717, 1.165) is 13.0 Å². The van der Waals surface area contributed by atoms with Crippen molar-refractivity contribution in [2.24, 2.45) is 0 Å². The first-order chi connectivity index (χ1) is 10.4. The van der Waals surface area contributed by atoms with Crippen LogP contribution >= 0.6 is 0 Å². The van der Waals surface area contributed by atoms with Crippen LogP contribution in [-0.2, 0) is 6.42 Å². The molecule has 0 saturated heterocycles. The van der Waals surface area contributed by atoms with E-state index < -0.39 is 0 Å². The molecule has 1 aliphatic carbocycles. The van der Waals surface area contributed by atoms with Crippen molar-refractivity contribution in [2.45, 2.75) is 25.4 Å². The zero-order valence-corrected chi connectivity index (χ0v) is 12.2. The maximum atomic E-state index is 4.67. The number of aromatic nitrogens is 2. The van der Waals surface area contributed by atoms with Crippen LogP contribution in [0.25, 0.3) is 10.9 Å². The van der Waals surface area contributed by atoms with Crippen molar-refractivity contribution in [3.63, 3.8) is 0 Å². The second-order valence-electron chi connectivity index (χ2n) is 5.65. The van der Waals surface area contributed by atoms with Crippen molar-refractivity contribution >= 4 is 10.9 Å². The molecule has 0 spiro atoms. The van der Waals surface area contributed by atoms with E-state index in [9.17, 15) is 0 Å². The van der Waals surface area contributed by atoms with Crippen LogP contribution in [0.4, 0.5) is 0 Å². The molecule has 3 heteroatoms. The summed E-state index contributed by atoms with van der Waals surface area (Å²) in [5.41, 5.74) is 4.08. The Hall–Kier alpha value is -2.13. The topological polar surface area (TPSA) is 29.9 Å². The van der Waals surface area contributed by atoms with Crippen LogP contribution in [-0.4, -0.2) is 16.3 Å². The van der Waals surface area contributed by atoms with Crippen LogP contribution in [0.2, 0.25) is 0 Å². The Balaban J connectivity index is 1.81. The minimum atomic E-state index is 0.342. The zero-order chi connectivity index (χ0) is 14.2. The maximum Gasteiger partial charge on any atom is 0.0761 e. The predicted molar refractivity (Wildman–Crippen MR) is 85.3 cm³/mol. The Kier molecular flexibility index (Phi) is 3.00. The number of nitrogens with one attached hydrogen (secondary N) is 1. The zero-order valence-electron chi connectivity index (χ0n) is 12.2. The van der Waals surface area contributed by atoms with Gasteiger partial charge in [-0.15, -0.1) is 0 Å². The summed E-state index contributed by atoms with van der Waals surface area (Å²) in [5.74, 6) is 0. The Morgan fingerprint density at radius 2 is 1.95 bits per heavy atom. The third-order valence-corrected chi connectivity index (χ3v) is 4.45. The number of rotatable bonds is 3. The van der Waals surface area contributed by atoms with Crippen LogP contribution in [0, 0.1) is 0 Å². The summed E-state index contributed by atoms with van der Waals surface area (Å²) in [7, 11) is 0. The molecule has 1 aliphatic rings. The van der Waals surface area contributed by atoms with E-state index in [4.69, 9.17) is 0 Å². The molecule has 1 heterocycles. The van der Waals surface area contributed by atoms with Gasteiger partial charge in [-0.05, 0) is 30.2 Å². The van der Waals surface area contributed by atoms with Crippen molar-refractivity contribution in [2.75, 3.05) is 6.54 Å². The molecule has 0 aliphatic heterocycles. The van der Waals surface area contributed by atoms with Crippen molar-refractivity contribution < 1.29 is 0 Å². The Morgan fingerprint density at radius 3 is 2.86 bits per heavy atom. The minimum Gasteiger partial charge on any atom is -0.308 e. The molecule has 2 atom stereocenters. The Morgan fingerprint density at radius 1 is 1.14 bits per heavy atom. The second kappa shape index (κ2) is 5.01. The lowest BCUT2D eigenvalue weighted by Crippen LogP contribution is -2.27. The smallest absolute Gasteiger partial charge is 0.0761 e. The maximum absolute atomic E-state index is 4.67.